The van der Waals surface area contributed by atoms with Gasteiger partial charge in [0.1, 0.15) is 0 Å². The molecule has 0 bridgehead atoms. The molecule has 15 heavy (non-hydrogen) atoms. The first-order valence-corrected chi connectivity index (χ1v) is 5.51. The van der Waals surface area contributed by atoms with Crippen molar-refractivity contribution in [2.24, 2.45) is 0 Å². The Morgan fingerprint density at radius 2 is 2.27 bits per heavy atom. The topological polar surface area (TPSA) is 34.9 Å². The molecule has 1 aromatic heterocycles. The van der Waals surface area contributed by atoms with Gasteiger partial charge < -0.3 is 0 Å². The van der Waals surface area contributed by atoms with Crippen LogP contribution in [0.25, 0.3) is 11.1 Å². The average molecular weight is 333 g/mol. The fourth-order valence-electron chi connectivity index (χ4n) is 1.32. The highest BCUT2D eigenvalue weighted by Gasteiger charge is 2.07. The fourth-order valence-corrected chi connectivity index (χ4v) is 1.92. The van der Waals surface area contributed by atoms with Gasteiger partial charge in [-0.1, -0.05) is 11.6 Å². The maximum absolute atomic E-state index is 10.8. The Bertz CT molecular complexity index is 510. The summed E-state index contributed by atoms with van der Waals surface area (Å²) in [6, 6.07) is 5.16. The first-order valence-electron chi connectivity index (χ1n) is 4.16. The summed E-state index contributed by atoms with van der Waals surface area (Å²) in [4.78, 5) is 10.8. The third-order valence-corrected chi connectivity index (χ3v) is 2.77. The van der Waals surface area contributed by atoms with Crippen LogP contribution in [0.15, 0.2) is 30.6 Å². The van der Waals surface area contributed by atoms with Crippen LogP contribution in [0, 0.1) is 0 Å². The second-order valence-electron chi connectivity index (χ2n) is 2.97. The third-order valence-electron chi connectivity index (χ3n) is 2.01. The van der Waals surface area contributed by atoms with Crippen molar-refractivity contribution in [3.05, 3.63) is 41.2 Å². The van der Waals surface area contributed by atoms with E-state index in [1.165, 1.54) is 0 Å². The van der Waals surface area contributed by atoms with E-state index in [2.05, 4.69) is 5.10 Å². The standard InChI is InChI=1S/C10H6ClIN2O/c11-9-2-1-7(6-15)10(3-9)8-4-13-14(12)5-8/h1-6H. The molecule has 0 saturated carbocycles. The normalized spacial score (nSPS) is 10.3. The molecule has 1 aromatic carbocycles. The molecule has 0 fully saturated rings. The predicted octanol–water partition coefficient (Wildman–Crippen LogP) is 3.21. The minimum Gasteiger partial charge on any atom is -0.298 e. The summed E-state index contributed by atoms with van der Waals surface area (Å²) < 4.78 is 1.66. The number of hydrogen-bond acceptors (Lipinski definition) is 2. The smallest absolute Gasteiger partial charge is 0.150 e. The molecule has 0 unspecified atom stereocenters. The largest absolute Gasteiger partial charge is 0.298 e. The highest BCUT2D eigenvalue weighted by atomic mass is 127. The van der Waals surface area contributed by atoms with E-state index in [1.54, 1.807) is 27.3 Å². The molecule has 2 rings (SSSR count). The van der Waals surface area contributed by atoms with Crippen molar-refractivity contribution in [3.63, 3.8) is 0 Å². The van der Waals surface area contributed by atoms with E-state index in [-0.39, 0.29) is 0 Å². The first kappa shape index (κ1) is 10.6. The molecular formula is C10H6ClIN2O. The fraction of sp³-hybridized carbons (Fsp3) is 0. The van der Waals surface area contributed by atoms with E-state index < -0.39 is 0 Å². The molecule has 0 radical (unpaired) electrons. The van der Waals surface area contributed by atoms with Crippen molar-refractivity contribution >= 4 is 40.8 Å². The lowest BCUT2D eigenvalue weighted by atomic mass is 10.0. The summed E-state index contributed by atoms with van der Waals surface area (Å²) in [5.41, 5.74) is 2.30. The van der Waals surface area contributed by atoms with Gasteiger partial charge in [-0.25, -0.2) is 2.90 Å². The summed E-state index contributed by atoms with van der Waals surface area (Å²) in [7, 11) is 0. The number of carbonyl (C=O) groups is 1. The quantitative estimate of drug-likeness (QED) is 0.625. The van der Waals surface area contributed by atoms with Gasteiger partial charge in [0.15, 0.2) is 6.29 Å². The Hall–Kier alpha value is -0.880. The lowest BCUT2D eigenvalue weighted by Crippen LogP contribution is -1.85. The van der Waals surface area contributed by atoms with E-state index in [4.69, 9.17) is 11.6 Å². The molecule has 2 aromatic rings. The van der Waals surface area contributed by atoms with Gasteiger partial charge in [0.2, 0.25) is 0 Å². The van der Waals surface area contributed by atoms with Crippen molar-refractivity contribution in [3.8, 4) is 11.1 Å². The van der Waals surface area contributed by atoms with Crippen molar-refractivity contribution in [2.45, 2.75) is 0 Å². The number of carbonyl (C=O) groups excluding carboxylic acids is 1. The maximum atomic E-state index is 10.8. The van der Waals surface area contributed by atoms with Crippen LogP contribution in [0.1, 0.15) is 10.4 Å². The molecule has 1 heterocycles. The van der Waals surface area contributed by atoms with Crippen molar-refractivity contribution in [1.29, 1.82) is 0 Å². The van der Waals surface area contributed by atoms with Crippen LogP contribution in [-0.4, -0.2) is 14.3 Å². The number of rotatable bonds is 2. The van der Waals surface area contributed by atoms with Gasteiger partial charge in [-0.05, 0) is 23.8 Å². The first-order chi connectivity index (χ1) is 7.20. The number of nitrogens with zero attached hydrogens (tertiary/aromatic N) is 2. The molecule has 0 aliphatic carbocycles. The second kappa shape index (κ2) is 4.32. The Labute approximate surface area is 106 Å². The molecule has 0 aliphatic heterocycles. The van der Waals surface area contributed by atoms with Crippen LogP contribution < -0.4 is 0 Å². The Balaban J connectivity index is 2.59. The van der Waals surface area contributed by atoms with Gasteiger partial charge in [0, 0.05) is 22.3 Å². The zero-order valence-corrected chi connectivity index (χ0v) is 10.4. The molecule has 0 amide bonds. The molecule has 0 N–H and O–H groups in total. The number of hydrogen-bond donors (Lipinski definition) is 0. The van der Waals surface area contributed by atoms with Gasteiger partial charge >= 0.3 is 0 Å². The zero-order chi connectivity index (χ0) is 10.8. The van der Waals surface area contributed by atoms with Gasteiger partial charge in [0.05, 0.1) is 29.1 Å². The van der Waals surface area contributed by atoms with Crippen LogP contribution in [0.3, 0.4) is 0 Å². The van der Waals surface area contributed by atoms with Crippen LogP contribution >= 0.6 is 34.5 Å². The zero-order valence-electron chi connectivity index (χ0n) is 7.52. The van der Waals surface area contributed by atoms with E-state index >= 15 is 0 Å². The van der Waals surface area contributed by atoms with Crippen LogP contribution in [0.4, 0.5) is 0 Å². The number of benzene rings is 1. The van der Waals surface area contributed by atoms with Crippen molar-refractivity contribution < 1.29 is 4.79 Å². The van der Waals surface area contributed by atoms with E-state index in [9.17, 15) is 4.79 Å². The van der Waals surface area contributed by atoms with E-state index in [0.29, 0.717) is 10.6 Å². The number of halogens is 2. The molecule has 0 aliphatic rings. The summed E-state index contributed by atoms with van der Waals surface area (Å²) in [5.74, 6) is 0. The number of aromatic nitrogens is 2. The molecule has 3 nitrogen and oxygen atoms in total. The van der Waals surface area contributed by atoms with Crippen molar-refractivity contribution in [1.82, 2.24) is 7.99 Å². The van der Waals surface area contributed by atoms with Gasteiger partial charge in [-0.3, -0.25) is 4.79 Å². The van der Waals surface area contributed by atoms with E-state index in [1.807, 2.05) is 29.1 Å². The summed E-state index contributed by atoms with van der Waals surface area (Å²) in [5, 5.41) is 4.65. The number of aldehydes is 1. The molecule has 5 heteroatoms. The van der Waals surface area contributed by atoms with Crippen LogP contribution in [0.2, 0.25) is 5.02 Å². The summed E-state index contributed by atoms with van der Waals surface area (Å²) in [6.45, 7) is 0. The Morgan fingerprint density at radius 3 is 2.87 bits per heavy atom. The third kappa shape index (κ3) is 2.21. The molecule has 0 spiro atoms. The molecule has 76 valence electrons. The Kier molecular flexibility index (Phi) is 3.06. The van der Waals surface area contributed by atoms with Gasteiger partial charge in [-0.15, -0.1) is 0 Å². The minimum absolute atomic E-state index is 0.608. The molecule has 0 atom stereocenters. The summed E-state index contributed by atoms with van der Waals surface area (Å²) in [6.07, 6.45) is 4.35. The van der Waals surface area contributed by atoms with Crippen molar-refractivity contribution in [2.75, 3.05) is 0 Å². The van der Waals surface area contributed by atoms with Crippen LogP contribution in [0.5, 0.6) is 0 Å². The Morgan fingerprint density at radius 1 is 1.47 bits per heavy atom. The van der Waals surface area contributed by atoms with Gasteiger partial charge in [0.25, 0.3) is 0 Å². The summed E-state index contributed by atoms with van der Waals surface area (Å²) >= 11 is 7.93. The molecule has 0 saturated heterocycles. The molecular weight excluding hydrogens is 326 g/mol. The highest BCUT2D eigenvalue weighted by molar-refractivity contribution is 14.1. The second-order valence-corrected chi connectivity index (χ2v) is 4.39. The minimum atomic E-state index is 0.608. The lowest BCUT2D eigenvalue weighted by Gasteiger charge is -2.01. The predicted molar refractivity (Wildman–Crippen MR) is 67.5 cm³/mol. The highest BCUT2D eigenvalue weighted by Crippen LogP contribution is 2.26. The lowest BCUT2D eigenvalue weighted by molar-refractivity contribution is 0.112. The van der Waals surface area contributed by atoms with E-state index in [0.717, 1.165) is 17.4 Å². The van der Waals surface area contributed by atoms with Crippen LogP contribution in [-0.2, 0) is 0 Å². The van der Waals surface area contributed by atoms with Gasteiger partial charge in [-0.2, -0.15) is 5.10 Å². The average Bonchev–Trinajstić information content (AvgIpc) is 2.65. The SMILES string of the molecule is O=Cc1ccc(Cl)cc1-c1cnn(I)c1. The maximum Gasteiger partial charge on any atom is 0.150 e. The monoisotopic (exact) mass is 332 g/mol.